The second kappa shape index (κ2) is 11.3. The number of rotatable bonds is 8. The molecule has 2 N–H and O–H groups in total. The highest BCUT2D eigenvalue weighted by atomic mass is 16.3. The average molecular weight is 576 g/mol. The Morgan fingerprint density at radius 1 is 0.953 bits per heavy atom. The number of para-hydroxylation sites is 1. The Bertz CT molecular complexity index is 2070. The summed E-state index contributed by atoms with van der Waals surface area (Å²) in [6.45, 7) is 4.70. The molecule has 0 radical (unpaired) electrons. The van der Waals surface area contributed by atoms with Crippen LogP contribution in [0.2, 0.25) is 0 Å². The first kappa shape index (κ1) is 28.1. The van der Waals surface area contributed by atoms with E-state index in [1.807, 2.05) is 65.2 Å². The van der Waals surface area contributed by atoms with Crippen molar-refractivity contribution in [2.45, 2.75) is 33.0 Å². The van der Waals surface area contributed by atoms with Crippen LogP contribution in [-0.4, -0.2) is 46.8 Å². The van der Waals surface area contributed by atoms with E-state index in [1.54, 1.807) is 31.6 Å². The van der Waals surface area contributed by atoms with Crippen molar-refractivity contribution >= 4 is 27.9 Å². The largest absolute Gasteiger partial charge is 0.392 e. The summed E-state index contributed by atoms with van der Waals surface area (Å²) in [5.74, 6) is 0.528. The molecule has 4 aromatic heterocycles. The van der Waals surface area contributed by atoms with Crippen LogP contribution in [0, 0.1) is 0 Å². The molecule has 0 unspecified atom stereocenters. The Morgan fingerprint density at radius 3 is 2.51 bits per heavy atom. The number of nitrogens with zero attached hydrogens (tertiary/aromatic N) is 6. The summed E-state index contributed by atoms with van der Waals surface area (Å²) in [6.07, 6.45) is 5.34. The lowest BCUT2D eigenvalue weighted by Crippen LogP contribution is -2.25. The monoisotopic (exact) mass is 575 g/mol. The van der Waals surface area contributed by atoms with Crippen LogP contribution >= 0.6 is 0 Å². The number of aromatic nitrogens is 5. The third-order valence-corrected chi connectivity index (χ3v) is 7.86. The Hall–Kier alpha value is -5.06. The van der Waals surface area contributed by atoms with Gasteiger partial charge in [0, 0.05) is 54.7 Å². The number of anilines is 2. The van der Waals surface area contributed by atoms with E-state index in [0.29, 0.717) is 45.6 Å². The Labute approximate surface area is 248 Å². The first-order chi connectivity index (χ1) is 20.7. The molecule has 0 spiro atoms. The van der Waals surface area contributed by atoms with Crippen LogP contribution in [0.25, 0.3) is 33.4 Å². The second-order valence-electron chi connectivity index (χ2n) is 11.0. The number of aliphatic hydroxyl groups is 1. The van der Waals surface area contributed by atoms with Crippen molar-refractivity contribution in [2.24, 2.45) is 7.05 Å². The maximum absolute atomic E-state index is 13.7. The molecule has 2 aromatic carbocycles. The van der Waals surface area contributed by atoms with E-state index in [4.69, 9.17) is 0 Å². The van der Waals surface area contributed by atoms with Crippen LogP contribution in [0.1, 0.15) is 25.0 Å². The van der Waals surface area contributed by atoms with Gasteiger partial charge in [-0.25, -0.2) is 9.67 Å². The van der Waals surface area contributed by atoms with Gasteiger partial charge in [-0.2, -0.15) is 5.10 Å². The average Bonchev–Trinajstić information content (AvgIpc) is 3.40. The topological polar surface area (TPSA) is 110 Å². The van der Waals surface area contributed by atoms with Gasteiger partial charge in [-0.15, -0.1) is 0 Å². The maximum atomic E-state index is 13.7. The van der Waals surface area contributed by atoms with Gasteiger partial charge >= 0.3 is 0 Å². The fourth-order valence-corrected chi connectivity index (χ4v) is 5.25. The summed E-state index contributed by atoms with van der Waals surface area (Å²) in [5, 5.41) is 19.1. The van der Waals surface area contributed by atoms with Gasteiger partial charge < -0.3 is 14.8 Å². The molecule has 0 aliphatic rings. The molecule has 6 aromatic rings. The lowest BCUT2D eigenvalue weighted by Gasteiger charge is -2.20. The van der Waals surface area contributed by atoms with Crippen molar-refractivity contribution in [3.63, 3.8) is 0 Å². The number of hydrogen-bond donors (Lipinski definition) is 2. The van der Waals surface area contributed by atoms with Gasteiger partial charge in [0.05, 0.1) is 23.5 Å². The molecule has 10 nitrogen and oxygen atoms in total. The minimum absolute atomic E-state index is 0.213. The molecule has 0 aliphatic heterocycles. The zero-order valence-electron chi connectivity index (χ0n) is 24.5. The molecule has 218 valence electrons. The molecule has 10 heteroatoms. The van der Waals surface area contributed by atoms with E-state index in [0.717, 1.165) is 23.0 Å². The van der Waals surface area contributed by atoms with Crippen LogP contribution in [0.5, 0.6) is 0 Å². The fraction of sp³-hybridized carbons (Fsp3) is 0.212. The van der Waals surface area contributed by atoms with Crippen molar-refractivity contribution in [1.29, 1.82) is 0 Å². The minimum atomic E-state index is -0.340. The smallest absolute Gasteiger partial charge is 0.290 e. The summed E-state index contributed by atoms with van der Waals surface area (Å²) in [7, 11) is 3.64. The minimum Gasteiger partial charge on any atom is -0.392 e. The molecular formula is C33H33N7O3. The Morgan fingerprint density at radius 2 is 1.77 bits per heavy atom. The van der Waals surface area contributed by atoms with Gasteiger partial charge in [-0.1, -0.05) is 36.4 Å². The highest BCUT2D eigenvalue weighted by Crippen LogP contribution is 2.29. The maximum Gasteiger partial charge on any atom is 0.290 e. The van der Waals surface area contributed by atoms with Gasteiger partial charge in [0.1, 0.15) is 17.0 Å². The first-order valence-electron chi connectivity index (χ1n) is 14.1. The summed E-state index contributed by atoms with van der Waals surface area (Å²) >= 11 is 0. The normalized spacial score (nSPS) is 11.7. The SMILES string of the molecule is CC(C)N(C)Cc1ccc(Nc2cc(-c3cccc(-n4ccn5c(cc6ccccc65)c4=O)c3CO)nn(C)c2=O)nc1. The highest BCUT2D eigenvalue weighted by Gasteiger charge is 2.17. The molecule has 4 heterocycles. The van der Waals surface area contributed by atoms with Crippen molar-refractivity contribution < 1.29 is 5.11 Å². The molecule has 6 rings (SSSR count). The van der Waals surface area contributed by atoms with E-state index < -0.39 is 0 Å². The number of nitrogens with one attached hydrogen (secondary N) is 1. The number of fused-ring (bicyclic) bond motifs is 3. The van der Waals surface area contributed by atoms with Crippen molar-refractivity contribution in [3.8, 4) is 16.9 Å². The Balaban J connectivity index is 1.38. The number of hydrogen-bond acceptors (Lipinski definition) is 7. The van der Waals surface area contributed by atoms with E-state index in [1.165, 1.54) is 9.25 Å². The molecule has 0 fully saturated rings. The van der Waals surface area contributed by atoms with Crippen LogP contribution < -0.4 is 16.4 Å². The quantitative estimate of drug-likeness (QED) is 0.276. The van der Waals surface area contributed by atoms with Gasteiger partial charge in [0.2, 0.25) is 0 Å². The van der Waals surface area contributed by atoms with E-state index >= 15 is 0 Å². The van der Waals surface area contributed by atoms with Crippen LogP contribution in [0.15, 0.2) is 94.9 Å². The predicted octanol–water partition coefficient (Wildman–Crippen LogP) is 4.48. The third kappa shape index (κ3) is 5.22. The zero-order chi connectivity index (χ0) is 30.2. The van der Waals surface area contributed by atoms with Crippen molar-refractivity contribution in [3.05, 3.63) is 117 Å². The van der Waals surface area contributed by atoms with Crippen molar-refractivity contribution in [2.75, 3.05) is 12.4 Å². The summed E-state index contributed by atoms with van der Waals surface area (Å²) < 4.78 is 4.65. The van der Waals surface area contributed by atoms with Crippen LogP contribution in [0.4, 0.5) is 11.5 Å². The summed E-state index contributed by atoms with van der Waals surface area (Å²) in [4.78, 5) is 33.4. The summed E-state index contributed by atoms with van der Waals surface area (Å²) in [6, 6.07) is 21.0. The molecule has 0 bridgehead atoms. The first-order valence-corrected chi connectivity index (χ1v) is 14.1. The molecule has 0 amide bonds. The number of benzene rings is 2. The molecule has 43 heavy (non-hydrogen) atoms. The number of aryl methyl sites for hydroxylation is 1. The summed E-state index contributed by atoms with van der Waals surface area (Å²) in [5.41, 5.74) is 4.41. The van der Waals surface area contributed by atoms with Crippen molar-refractivity contribution in [1.82, 2.24) is 28.6 Å². The van der Waals surface area contributed by atoms with Gasteiger partial charge in [-0.05, 0) is 56.8 Å². The van der Waals surface area contributed by atoms with Crippen LogP contribution in [0.3, 0.4) is 0 Å². The second-order valence-corrected chi connectivity index (χ2v) is 11.0. The van der Waals surface area contributed by atoms with E-state index in [9.17, 15) is 14.7 Å². The van der Waals surface area contributed by atoms with Crippen LogP contribution in [-0.2, 0) is 20.2 Å². The number of pyridine rings is 1. The number of aliphatic hydroxyl groups excluding tert-OH is 1. The van der Waals surface area contributed by atoms with Gasteiger partial charge in [0.15, 0.2) is 0 Å². The lowest BCUT2D eigenvalue weighted by atomic mass is 10.0. The fourth-order valence-electron chi connectivity index (χ4n) is 5.25. The molecule has 0 aliphatic carbocycles. The molecule has 0 saturated carbocycles. The van der Waals surface area contributed by atoms with Gasteiger partial charge in [-0.3, -0.25) is 19.1 Å². The lowest BCUT2D eigenvalue weighted by molar-refractivity contribution is 0.265. The molecule has 0 saturated heterocycles. The van der Waals surface area contributed by atoms with Gasteiger partial charge in [0.25, 0.3) is 11.1 Å². The molecular weight excluding hydrogens is 542 g/mol. The highest BCUT2D eigenvalue weighted by molar-refractivity contribution is 5.87. The standard InChI is InChI=1S/C33H33N7O3/c1-21(2)37(3)19-22-12-13-31(34-18-22)35-27-17-26(36-38(4)32(27)42)24-9-7-11-29(25(24)20-41)40-15-14-39-28-10-6-5-8-23(28)16-30(39)33(40)43/h5-18,21,41H,19-20H2,1-4H3,(H,34,35). The van der Waals surface area contributed by atoms with E-state index in [-0.39, 0.29) is 17.7 Å². The van der Waals surface area contributed by atoms with E-state index in [2.05, 4.69) is 41.2 Å². The third-order valence-electron chi connectivity index (χ3n) is 7.86. The zero-order valence-corrected chi connectivity index (χ0v) is 24.5. The predicted molar refractivity (Wildman–Crippen MR) is 169 cm³/mol. The molecule has 0 atom stereocenters. The Kier molecular flexibility index (Phi) is 7.39.